The molecule has 1 N–H and O–H groups in total. The molecular weight excluding hydrogens is 345 g/mol. The van der Waals surface area contributed by atoms with Crippen LogP contribution in [0.1, 0.15) is 41.2 Å². The van der Waals surface area contributed by atoms with Gasteiger partial charge >= 0.3 is 5.97 Å². The highest BCUT2D eigenvalue weighted by Gasteiger charge is 2.30. The maximum atomic E-state index is 12.2. The summed E-state index contributed by atoms with van der Waals surface area (Å²) in [6.45, 7) is 4.05. The molecule has 2 heterocycles. The van der Waals surface area contributed by atoms with E-state index in [0.29, 0.717) is 17.2 Å². The fraction of sp³-hybridized carbons (Fsp3) is 0.588. The van der Waals surface area contributed by atoms with E-state index in [9.17, 15) is 9.36 Å². The number of nitrogens with one attached hydrogen (secondary N) is 1. The van der Waals surface area contributed by atoms with Crippen molar-refractivity contribution in [1.82, 2.24) is 0 Å². The van der Waals surface area contributed by atoms with Crippen molar-refractivity contribution in [2.24, 2.45) is 5.92 Å². The molecular formula is C17H24NO4PS. The summed E-state index contributed by atoms with van der Waals surface area (Å²) >= 11 is 1.34. The number of rotatable bonds is 4. The van der Waals surface area contributed by atoms with Crippen molar-refractivity contribution in [1.29, 1.82) is 0 Å². The first-order valence-electron chi connectivity index (χ1n) is 8.01. The number of ether oxygens (including phenoxy) is 1. The Morgan fingerprint density at radius 2 is 2.04 bits per heavy atom. The summed E-state index contributed by atoms with van der Waals surface area (Å²) in [6.07, 6.45) is 2.65. The van der Waals surface area contributed by atoms with Crippen molar-refractivity contribution in [3.05, 3.63) is 15.8 Å². The first-order valence-corrected chi connectivity index (χ1v) is 10.8. The zero-order valence-electron chi connectivity index (χ0n) is 14.5. The first-order chi connectivity index (χ1) is 11.4. The summed E-state index contributed by atoms with van der Waals surface area (Å²) in [5.41, 5.74) is 0.749. The lowest BCUT2D eigenvalue weighted by Gasteiger charge is -2.28. The van der Waals surface area contributed by atoms with E-state index in [1.165, 1.54) is 25.6 Å². The van der Waals surface area contributed by atoms with Gasteiger partial charge in [-0.1, -0.05) is 25.7 Å². The molecule has 24 heavy (non-hydrogen) atoms. The smallest absolute Gasteiger partial charge is 0.350 e. The molecule has 0 atom stereocenters. The van der Waals surface area contributed by atoms with Crippen LogP contribution in [-0.2, 0) is 13.8 Å². The highest BCUT2D eigenvalue weighted by molar-refractivity contribution is 7.59. The third-order valence-electron chi connectivity index (χ3n) is 3.92. The minimum atomic E-state index is -2.44. The van der Waals surface area contributed by atoms with E-state index >= 15 is 0 Å². The molecule has 0 saturated carbocycles. The number of anilines is 1. The van der Waals surface area contributed by atoms with E-state index in [1.54, 1.807) is 0 Å². The van der Waals surface area contributed by atoms with E-state index < -0.39 is 7.37 Å². The van der Waals surface area contributed by atoms with Crippen molar-refractivity contribution in [3.63, 3.8) is 0 Å². The molecule has 0 bridgehead atoms. The molecule has 2 rings (SSSR count). The topological polar surface area (TPSA) is 64.6 Å². The highest BCUT2D eigenvalue weighted by Crippen LogP contribution is 2.51. The lowest BCUT2D eigenvalue weighted by Crippen LogP contribution is -2.27. The van der Waals surface area contributed by atoms with Crippen LogP contribution in [-0.4, -0.2) is 38.6 Å². The van der Waals surface area contributed by atoms with Gasteiger partial charge in [0, 0.05) is 31.4 Å². The zero-order valence-corrected chi connectivity index (χ0v) is 16.3. The van der Waals surface area contributed by atoms with Crippen LogP contribution in [0, 0.1) is 17.8 Å². The van der Waals surface area contributed by atoms with E-state index in [0.717, 1.165) is 23.4 Å². The maximum Gasteiger partial charge on any atom is 0.350 e. The van der Waals surface area contributed by atoms with Crippen LogP contribution in [0.2, 0.25) is 0 Å². The number of carbonyl (C=O) groups excluding carboxylic acids is 1. The van der Waals surface area contributed by atoms with Gasteiger partial charge in [0.15, 0.2) is 0 Å². The molecule has 0 amide bonds. The van der Waals surface area contributed by atoms with E-state index in [1.807, 2.05) is 19.9 Å². The molecule has 1 aromatic heterocycles. The summed E-state index contributed by atoms with van der Waals surface area (Å²) in [7, 11) is 0.451. The van der Waals surface area contributed by atoms with Gasteiger partial charge in [0.05, 0.1) is 17.7 Å². The quantitative estimate of drug-likeness (QED) is 0.493. The van der Waals surface area contributed by atoms with Crippen LogP contribution >= 0.6 is 18.7 Å². The van der Waals surface area contributed by atoms with Crippen LogP contribution < -0.4 is 5.32 Å². The molecule has 1 fully saturated rings. The van der Waals surface area contributed by atoms with Gasteiger partial charge in [-0.3, -0.25) is 4.57 Å². The molecule has 1 saturated heterocycles. The summed E-state index contributed by atoms with van der Waals surface area (Å²) in [5.74, 6) is 6.12. The van der Waals surface area contributed by atoms with Crippen molar-refractivity contribution in [2.75, 3.05) is 31.9 Å². The molecule has 5 nitrogen and oxygen atoms in total. The predicted molar refractivity (Wildman–Crippen MR) is 98.4 cm³/mol. The second-order valence-corrected chi connectivity index (χ2v) is 10.1. The molecule has 1 aliphatic heterocycles. The Morgan fingerprint density at radius 3 is 2.58 bits per heavy atom. The lowest BCUT2D eigenvalue weighted by atomic mass is 10.1. The average Bonchev–Trinajstić information content (AvgIpc) is 2.97. The van der Waals surface area contributed by atoms with Gasteiger partial charge in [-0.05, 0) is 18.9 Å². The van der Waals surface area contributed by atoms with Crippen molar-refractivity contribution in [3.8, 4) is 11.8 Å². The van der Waals surface area contributed by atoms with Crippen LogP contribution in [0.4, 0.5) is 5.69 Å². The summed E-state index contributed by atoms with van der Waals surface area (Å²) in [4.78, 5) is 13.4. The lowest BCUT2D eigenvalue weighted by molar-refractivity contribution is 0.0607. The molecule has 1 aliphatic rings. The maximum absolute atomic E-state index is 12.2. The van der Waals surface area contributed by atoms with Gasteiger partial charge in [-0.2, -0.15) is 0 Å². The third kappa shape index (κ3) is 4.86. The Balaban J connectivity index is 2.15. The van der Waals surface area contributed by atoms with Gasteiger partial charge in [0.1, 0.15) is 4.88 Å². The normalized spacial score (nSPS) is 23.5. The molecule has 0 radical (unpaired) electrons. The largest absolute Gasteiger partial charge is 0.465 e. The van der Waals surface area contributed by atoms with Crippen molar-refractivity contribution >= 4 is 30.4 Å². The molecule has 1 aromatic rings. The molecule has 0 aliphatic carbocycles. The molecule has 0 spiro atoms. The average molecular weight is 369 g/mol. The number of hydrogen-bond acceptors (Lipinski definition) is 6. The first kappa shape index (κ1) is 19.1. The summed E-state index contributed by atoms with van der Waals surface area (Å²) in [5, 5.41) is 3.40. The Labute approximate surface area is 147 Å². The Kier molecular flexibility index (Phi) is 6.51. The molecule has 0 unspecified atom stereocenters. The predicted octanol–water partition coefficient (Wildman–Crippen LogP) is 4.04. The van der Waals surface area contributed by atoms with E-state index in [-0.39, 0.29) is 17.9 Å². The third-order valence-corrected chi connectivity index (χ3v) is 7.49. The van der Waals surface area contributed by atoms with Crippen LogP contribution in [0.25, 0.3) is 0 Å². The minimum Gasteiger partial charge on any atom is -0.465 e. The van der Waals surface area contributed by atoms with Gasteiger partial charge in [0.2, 0.25) is 7.37 Å². The Morgan fingerprint density at radius 1 is 1.38 bits per heavy atom. The highest BCUT2D eigenvalue weighted by atomic mass is 32.1. The van der Waals surface area contributed by atoms with E-state index in [2.05, 4.69) is 17.2 Å². The summed E-state index contributed by atoms with van der Waals surface area (Å²) < 4.78 is 22.3. The number of carbonyl (C=O) groups is 1. The standard InChI is InChI=1S/C17H24NO4PS/c1-12(2)5-6-14-11-15(16(24-14)17(19)21-3)18-13-7-9-23(20,22-4)10-8-13/h11-13,18H,7-10H2,1-4H3. The van der Waals surface area contributed by atoms with Crippen LogP contribution in [0.15, 0.2) is 6.07 Å². The Bertz CT molecular complexity index is 689. The molecule has 132 valence electrons. The SMILES string of the molecule is COC(=O)c1sc(C#CC(C)C)cc1NC1CCP(=O)(OC)CC1. The fourth-order valence-corrected chi connectivity index (χ4v) is 5.43. The number of methoxy groups -OCH3 is 1. The number of esters is 1. The summed E-state index contributed by atoms with van der Waals surface area (Å²) in [6, 6.07) is 2.07. The fourth-order valence-electron chi connectivity index (χ4n) is 2.53. The monoisotopic (exact) mass is 369 g/mol. The zero-order chi connectivity index (χ0) is 17.7. The number of hydrogen-bond donors (Lipinski definition) is 1. The van der Waals surface area contributed by atoms with Crippen LogP contribution in [0.3, 0.4) is 0 Å². The molecule has 0 aromatic carbocycles. The second-order valence-electron chi connectivity index (χ2n) is 6.13. The Hall–Kier alpha value is -1.28. The van der Waals surface area contributed by atoms with Crippen molar-refractivity contribution < 1.29 is 18.6 Å². The van der Waals surface area contributed by atoms with Gasteiger partial charge in [0.25, 0.3) is 0 Å². The number of thiophene rings is 1. The van der Waals surface area contributed by atoms with Crippen molar-refractivity contribution in [2.45, 2.75) is 32.7 Å². The second kappa shape index (κ2) is 8.20. The van der Waals surface area contributed by atoms with Gasteiger partial charge < -0.3 is 14.6 Å². The molecule has 7 heteroatoms. The van der Waals surface area contributed by atoms with Gasteiger partial charge in [-0.25, -0.2) is 4.79 Å². The van der Waals surface area contributed by atoms with Crippen LogP contribution in [0.5, 0.6) is 0 Å². The van der Waals surface area contributed by atoms with Gasteiger partial charge in [-0.15, -0.1) is 11.3 Å². The minimum absolute atomic E-state index is 0.172. The van der Waals surface area contributed by atoms with E-state index in [4.69, 9.17) is 9.26 Å².